The van der Waals surface area contributed by atoms with E-state index in [9.17, 15) is 8.42 Å². The molecule has 0 saturated carbocycles. The summed E-state index contributed by atoms with van der Waals surface area (Å²) in [6.45, 7) is 4.98. The molecule has 37 heavy (non-hydrogen) atoms. The molecular formula is C30H58Na2O4S. The van der Waals surface area contributed by atoms with E-state index in [1.165, 1.54) is 89.9 Å². The van der Waals surface area contributed by atoms with Gasteiger partial charge in [-0.2, -0.15) is 8.42 Å². The normalized spacial score (nSPS) is 10.6. The number of rotatable bonds is 24. The van der Waals surface area contributed by atoms with Gasteiger partial charge in [-0.3, -0.25) is 0 Å². The molecule has 0 unspecified atom stereocenters. The first-order chi connectivity index (χ1) is 17.1. The molecule has 0 saturated heterocycles. The standard InChI is InChI=1S/C24H50O4S.C6H6.2Na.2H/c1-3-5-7-9-11-13-15-17-19-21-23-27-29(25,26)28-24-22-20-18-16-14-12-10-8-6-4-2;1-2-4-6-5-3-1;;;;/h3-24H2,1-2H3;1-6H;;;;. The van der Waals surface area contributed by atoms with Crippen LogP contribution < -0.4 is 0 Å². The Morgan fingerprint density at radius 3 is 0.865 bits per heavy atom. The Labute approximate surface area is 275 Å². The van der Waals surface area contributed by atoms with Gasteiger partial charge in [-0.1, -0.05) is 166 Å². The van der Waals surface area contributed by atoms with E-state index in [0.717, 1.165) is 38.5 Å². The molecule has 0 heterocycles. The van der Waals surface area contributed by atoms with Crippen molar-refractivity contribution in [2.75, 3.05) is 13.2 Å². The van der Waals surface area contributed by atoms with Gasteiger partial charge >= 0.3 is 69.5 Å². The molecule has 0 radical (unpaired) electrons. The largest absolute Gasteiger partial charge is 0.0623 e. The van der Waals surface area contributed by atoms with E-state index in [1.807, 2.05) is 36.4 Å². The van der Waals surface area contributed by atoms with Gasteiger partial charge in [-0.05, 0) is 12.8 Å². The fourth-order valence-electron chi connectivity index (χ4n) is 3.92. The van der Waals surface area contributed by atoms with Crippen molar-refractivity contribution in [2.24, 2.45) is 0 Å². The fraction of sp³-hybridized carbons (Fsp3) is 0.800. The summed E-state index contributed by atoms with van der Waals surface area (Å²) >= 11 is 0. The van der Waals surface area contributed by atoms with Gasteiger partial charge in [-0.15, -0.1) is 0 Å². The molecular weight excluding hydrogens is 502 g/mol. The number of hydrogen-bond acceptors (Lipinski definition) is 4. The third-order valence-electron chi connectivity index (χ3n) is 6.12. The smallest absolute Gasteiger partial charge is 0.0623 e. The molecule has 0 aromatic heterocycles. The first kappa shape index (κ1) is 42.6. The second-order valence-electron chi connectivity index (χ2n) is 9.57. The van der Waals surface area contributed by atoms with Gasteiger partial charge < -0.3 is 0 Å². The Balaban J connectivity index is -0.00000126. The Morgan fingerprint density at radius 2 is 0.622 bits per heavy atom. The Bertz CT molecular complexity index is 557. The van der Waals surface area contributed by atoms with Crippen molar-refractivity contribution in [3.8, 4) is 0 Å². The summed E-state index contributed by atoms with van der Waals surface area (Å²) in [4.78, 5) is 0. The van der Waals surface area contributed by atoms with Crippen molar-refractivity contribution in [3.05, 3.63) is 36.4 Å². The fourth-order valence-corrected chi connectivity index (χ4v) is 4.63. The van der Waals surface area contributed by atoms with Gasteiger partial charge in [0.15, 0.2) is 0 Å². The van der Waals surface area contributed by atoms with Gasteiger partial charge in [0.1, 0.15) is 0 Å². The zero-order valence-corrected chi connectivity index (χ0v) is 23.9. The summed E-state index contributed by atoms with van der Waals surface area (Å²) in [6, 6.07) is 12.0. The van der Waals surface area contributed by atoms with Crippen LogP contribution in [0.2, 0.25) is 0 Å². The van der Waals surface area contributed by atoms with Gasteiger partial charge in [0.05, 0.1) is 13.2 Å². The molecule has 0 aliphatic heterocycles. The second-order valence-corrected chi connectivity index (χ2v) is 10.9. The van der Waals surface area contributed by atoms with Crippen LogP contribution >= 0.6 is 0 Å². The Hall–Kier alpha value is 1.09. The molecule has 0 amide bonds. The maximum atomic E-state index is 11.7. The maximum Gasteiger partial charge on any atom is -0.0623 e. The summed E-state index contributed by atoms with van der Waals surface area (Å²) in [6.07, 6.45) is 24.4. The monoisotopic (exact) mass is 560 g/mol. The molecule has 7 heteroatoms. The molecule has 0 aliphatic rings. The summed E-state index contributed by atoms with van der Waals surface area (Å²) in [5, 5.41) is 0. The van der Waals surface area contributed by atoms with Crippen molar-refractivity contribution in [1.29, 1.82) is 0 Å². The van der Waals surface area contributed by atoms with E-state index >= 15 is 0 Å². The molecule has 0 spiro atoms. The van der Waals surface area contributed by atoms with Crippen LogP contribution in [0.15, 0.2) is 36.4 Å². The van der Waals surface area contributed by atoms with Crippen LogP contribution in [0.5, 0.6) is 0 Å². The minimum Gasteiger partial charge on any atom is -0.0623 e. The van der Waals surface area contributed by atoms with Gasteiger partial charge in [0.25, 0.3) is 0 Å². The summed E-state index contributed by atoms with van der Waals surface area (Å²) in [7, 11) is -3.80. The zero-order chi connectivity index (χ0) is 25.7. The molecule has 0 N–H and O–H groups in total. The van der Waals surface area contributed by atoms with Crippen molar-refractivity contribution in [1.82, 2.24) is 0 Å². The molecule has 4 nitrogen and oxygen atoms in total. The minimum atomic E-state index is -3.80. The topological polar surface area (TPSA) is 52.6 Å². The zero-order valence-electron chi connectivity index (χ0n) is 23.1. The van der Waals surface area contributed by atoms with Crippen LogP contribution in [-0.4, -0.2) is 80.7 Å². The summed E-state index contributed by atoms with van der Waals surface area (Å²) in [5.41, 5.74) is 0. The van der Waals surface area contributed by atoms with E-state index < -0.39 is 10.4 Å². The third kappa shape index (κ3) is 37.1. The Kier molecular flexibility index (Phi) is 40.4. The van der Waals surface area contributed by atoms with Gasteiger partial charge in [-0.25, -0.2) is 8.37 Å². The Morgan fingerprint density at radius 1 is 0.405 bits per heavy atom. The van der Waals surface area contributed by atoms with Crippen LogP contribution in [0.25, 0.3) is 0 Å². The summed E-state index contributed by atoms with van der Waals surface area (Å²) < 4.78 is 33.3. The average molecular weight is 561 g/mol. The SMILES string of the molecule is CCCCCCCCCCCCOS(=O)(=O)OCCCCCCCCCCCC.[NaH].[NaH].c1ccccc1. The second kappa shape index (κ2) is 35.1. The molecule has 0 fully saturated rings. The van der Waals surface area contributed by atoms with Gasteiger partial charge in [0, 0.05) is 0 Å². The van der Waals surface area contributed by atoms with E-state index in [-0.39, 0.29) is 72.3 Å². The molecule has 210 valence electrons. The number of unbranched alkanes of at least 4 members (excludes halogenated alkanes) is 18. The van der Waals surface area contributed by atoms with Crippen LogP contribution in [-0.2, 0) is 18.8 Å². The average Bonchev–Trinajstić information content (AvgIpc) is 2.87. The van der Waals surface area contributed by atoms with E-state index in [0.29, 0.717) is 0 Å². The van der Waals surface area contributed by atoms with E-state index in [1.54, 1.807) is 0 Å². The van der Waals surface area contributed by atoms with Crippen molar-refractivity contribution >= 4 is 69.5 Å². The molecule has 1 aromatic rings. The predicted octanol–water partition coefficient (Wildman–Crippen LogP) is 8.50. The van der Waals surface area contributed by atoms with Crippen LogP contribution in [0.4, 0.5) is 0 Å². The minimum absolute atomic E-state index is 0. The van der Waals surface area contributed by atoms with Crippen molar-refractivity contribution in [2.45, 2.75) is 142 Å². The predicted molar refractivity (Wildman–Crippen MR) is 165 cm³/mol. The third-order valence-corrected chi connectivity index (χ3v) is 7.03. The van der Waals surface area contributed by atoms with Crippen LogP contribution in [0.3, 0.4) is 0 Å². The molecule has 0 atom stereocenters. The quantitative estimate of drug-likeness (QED) is 0.0939. The van der Waals surface area contributed by atoms with Crippen molar-refractivity contribution < 1.29 is 16.8 Å². The number of hydrogen-bond donors (Lipinski definition) is 0. The van der Waals surface area contributed by atoms with Crippen LogP contribution in [0.1, 0.15) is 142 Å². The molecule has 0 aliphatic carbocycles. The summed E-state index contributed by atoms with van der Waals surface area (Å²) in [5.74, 6) is 0. The van der Waals surface area contributed by atoms with Gasteiger partial charge in [0.2, 0.25) is 0 Å². The molecule has 0 bridgehead atoms. The van der Waals surface area contributed by atoms with E-state index in [2.05, 4.69) is 13.8 Å². The molecule has 1 aromatic carbocycles. The first-order valence-corrected chi connectivity index (χ1v) is 16.0. The first-order valence-electron chi connectivity index (χ1n) is 14.7. The van der Waals surface area contributed by atoms with E-state index in [4.69, 9.17) is 8.37 Å². The molecule has 1 rings (SSSR count). The maximum absolute atomic E-state index is 11.7. The van der Waals surface area contributed by atoms with Crippen LogP contribution in [0, 0.1) is 0 Å². The van der Waals surface area contributed by atoms with Crippen molar-refractivity contribution in [3.63, 3.8) is 0 Å². The number of benzene rings is 1.